The summed E-state index contributed by atoms with van der Waals surface area (Å²) in [6.45, 7) is 50.3. The fourth-order valence-corrected chi connectivity index (χ4v) is 19.7. The molecule has 1 amide bonds. The summed E-state index contributed by atoms with van der Waals surface area (Å²) in [4.78, 5) is 102. The number of nitrogens with one attached hydrogen (secondary N) is 1. The van der Waals surface area contributed by atoms with Crippen LogP contribution in [-0.4, -0.2) is 217 Å². The fraction of sp³-hybridized carbons (Fsp3) is 0.675. The molecule has 2 heterocycles. The van der Waals surface area contributed by atoms with E-state index in [4.69, 9.17) is 69.8 Å². The van der Waals surface area contributed by atoms with Crippen molar-refractivity contribution in [2.45, 2.75) is 288 Å². The van der Waals surface area contributed by atoms with Gasteiger partial charge in [-0.2, -0.15) is 0 Å². The van der Waals surface area contributed by atoms with E-state index in [0.29, 0.717) is 0 Å². The Bertz CT molecular complexity index is 3800. The predicted molar refractivity (Wildman–Crippen MR) is 429 cm³/mol. The third-order valence-corrected chi connectivity index (χ3v) is 42.3. The molecule has 624 valence electrons. The summed E-state index contributed by atoms with van der Waals surface area (Å²) in [5.41, 5.74) is -7.58. The zero-order valence-corrected chi connectivity index (χ0v) is 74.7. The summed E-state index contributed by atoms with van der Waals surface area (Å²) in [7, 11) is -9.96. The molecule has 1 unspecified atom stereocenters. The Labute approximate surface area is 667 Å². The maximum atomic E-state index is 16.0. The number of aliphatic hydroxyl groups is 2. The number of carbonyl (C=O) groups excluding carboxylic acids is 7. The molecular weight excluding hydrogens is 1510 g/mol. The van der Waals surface area contributed by atoms with Gasteiger partial charge in [0.2, 0.25) is 6.10 Å². The Kier molecular flexibility index (Phi) is 29.1. The molecule has 112 heavy (non-hydrogen) atoms. The summed E-state index contributed by atoms with van der Waals surface area (Å²) in [5, 5.41) is 29.0. The van der Waals surface area contributed by atoms with Crippen LogP contribution >= 0.6 is 0 Å². The molecule has 5 aliphatic rings. The van der Waals surface area contributed by atoms with Crippen LogP contribution in [0.3, 0.4) is 0 Å². The van der Waals surface area contributed by atoms with Crippen molar-refractivity contribution >= 4 is 75.0 Å². The normalized spacial score (nSPS) is 28.2. The van der Waals surface area contributed by atoms with Crippen molar-refractivity contribution in [1.29, 1.82) is 0 Å². The number of ether oxygens (including phenoxy) is 11. The van der Waals surface area contributed by atoms with Gasteiger partial charge in [0.15, 0.2) is 57.0 Å². The standard InChI is InChI=1S/C83H127NO24Si4/c1-51(2)109(18,19)105-67-64(106-110(20,21)77(6,7)8)59(101-75(108-112(24,25)79(12,13)14)68(67)107-111(22,23)78(9,10)11)49-96-44-43-94-41-42-95-45-46-97-76(92)102-66(63(55-35-29-26-30-36-55)84-72(89)56-37-31-27-32-38-56)74(91)100-58-48-83(93)71(103-73(90)57-39-33-28-34-40-57)69-81(17,60(87)47-61-82(69,50-98-61)104-54(5)86)70(88)65(99-53(4)85)62(52(58)3)80(83,15)16/h26-40,51,58-61,63-69,71,75,87,93H,41-50H2,1-25H3,(H,84,89)/t58-,59+,60-,61+,63-,64+,65+,66+,67-,68-,69-,71-,75?,81+,82-,83+/m1/s1. The van der Waals surface area contributed by atoms with Gasteiger partial charge >= 0.3 is 30.0 Å². The summed E-state index contributed by atoms with van der Waals surface area (Å²) in [6, 6.07) is 22.5. The van der Waals surface area contributed by atoms with Crippen molar-refractivity contribution in [3.05, 3.63) is 119 Å². The van der Waals surface area contributed by atoms with E-state index in [9.17, 15) is 34.2 Å². The van der Waals surface area contributed by atoms with Crippen LogP contribution in [0.25, 0.3) is 0 Å². The van der Waals surface area contributed by atoms with E-state index in [1.165, 1.54) is 26.0 Å². The number of amides is 1. The number of benzene rings is 3. The number of hydrogen-bond donors (Lipinski definition) is 3. The highest BCUT2D eigenvalue weighted by Gasteiger charge is 2.79. The molecule has 2 bridgehead atoms. The first-order valence-corrected chi connectivity index (χ1v) is 51.0. The van der Waals surface area contributed by atoms with E-state index in [-0.39, 0.29) is 108 Å². The van der Waals surface area contributed by atoms with Crippen molar-refractivity contribution in [3.8, 4) is 0 Å². The Morgan fingerprint density at radius 2 is 1.14 bits per heavy atom. The van der Waals surface area contributed by atoms with Crippen molar-refractivity contribution in [1.82, 2.24) is 5.32 Å². The minimum absolute atomic E-state index is 0.0241. The van der Waals surface area contributed by atoms with Gasteiger partial charge in [-0.3, -0.25) is 19.2 Å². The fourth-order valence-electron chi connectivity index (χ4n) is 14.7. The Morgan fingerprint density at radius 3 is 1.65 bits per heavy atom. The smallest absolute Gasteiger partial charge is 0.455 e. The summed E-state index contributed by atoms with van der Waals surface area (Å²) in [6.07, 6.45) is -15.8. The quantitative estimate of drug-likeness (QED) is 0.0177. The van der Waals surface area contributed by atoms with E-state index >= 15 is 9.59 Å². The molecule has 2 saturated carbocycles. The lowest BCUT2D eigenvalue weighted by Gasteiger charge is -2.67. The second-order valence-corrected chi connectivity index (χ2v) is 55.7. The van der Waals surface area contributed by atoms with Gasteiger partial charge in [-0.25, -0.2) is 14.4 Å². The van der Waals surface area contributed by atoms with Crippen molar-refractivity contribution in [2.24, 2.45) is 16.7 Å². The number of hydrogen-bond acceptors (Lipinski definition) is 24. The molecule has 0 aromatic heterocycles. The number of aliphatic hydroxyl groups excluding tert-OH is 1. The summed E-state index contributed by atoms with van der Waals surface area (Å²) < 4.78 is 98.2. The molecule has 4 fully saturated rings. The van der Waals surface area contributed by atoms with Gasteiger partial charge in [-0.05, 0) is 128 Å². The zero-order valence-electron chi connectivity index (χ0n) is 70.7. The summed E-state index contributed by atoms with van der Waals surface area (Å²) >= 11 is 0. The van der Waals surface area contributed by atoms with Crippen molar-refractivity contribution in [3.63, 3.8) is 0 Å². The van der Waals surface area contributed by atoms with Crippen LogP contribution in [0.1, 0.15) is 163 Å². The van der Waals surface area contributed by atoms with Crippen molar-refractivity contribution in [2.75, 3.05) is 52.9 Å². The number of fused-ring (bicyclic) bond motifs is 5. The van der Waals surface area contributed by atoms with E-state index in [1.807, 2.05) is 0 Å². The van der Waals surface area contributed by atoms with Crippen LogP contribution < -0.4 is 5.32 Å². The zero-order chi connectivity index (χ0) is 83.5. The van der Waals surface area contributed by atoms with E-state index in [2.05, 4.69) is 134 Å². The molecule has 3 N–H and O–H groups in total. The second kappa shape index (κ2) is 35.5. The second-order valence-electron chi connectivity index (χ2n) is 36.8. The lowest BCUT2D eigenvalue weighted by Crippen LogP contribution is -2.82. The van der Waals surface area contributed by atoms with Gasteiger partial charge in [0.25, 0.3) is 5.91 Å². The molecule has 3 aromatic carbocycles. The van der Waals surface area contributed by atoms with Gasteiger partial charge in [0.1, 0.15) is 61.0 Å². The lowest BCUT2D eigenvalue weighted by atomic mass is 9.44. The van der Waals surface area contributed by atoms with Crippen molar-refractivity contribution < 1.29 is 114 Å². The largest absolute Gasteiger partial charge is 0.509 e. The third-order valence-electron chi connectivity index (χ3n) is 25.3. The maximum Gasteiger partial charge on any atom is 0.509 e. The third kappa shape index (κ3) is 19.9. The van der Waals surface area contributed by atoms with Crippen LogP contribution in [0.4, 0.5) is 4.79 Å². The Hall–Kier alpha value is -5.88. The van der Waals surface area contributed by atoms with Crippen LogP contribution in [0.5, 0.6) is 0 Å². The lowest BCUT2D eigenvalue weighted by molar-refractivity contribution is -0.346. The van der Waals surface area contributed by atoms with Gasteiger partial charge in [0.05, 0.1) is 69.2 Å². The SMILES string of the molecule is CC(=O)O[C@@H]1C(=O)[C@@]2(C)[C@H](O)C[C@@H]3OC[C@]3(OC(C)=O)[C@@H]2[C@@H](OC(=O)c2ccccc2)[C@@]2(O)C[C@@H](OC(=O)[C@@H](OC(=O)OCCOCCOCCOC[C@@H]3OC(O[Si](C)(C)C(C)(C)C)[C@H](O[Si](C)(C)C(C)(C)C)[C@H](O[Si](C)(C)C(C)C)[C@H]3O[Si](C)(C)C(C)(C)C)[C@H](NC(=O)c3ccccc3)c3ccccc3)C(C)=C1C2(C)C. The molecule has 0 spiro atoms. The molecule has 0 radical (unpaired) electrons. The van der Waals surface area contributed by atoms with Gasteiger partial charge in [-0.1, -0.05) is 157 Å². The molecule has 2 saturated heterocycles. The molecule has 3 aliphatic carbocycles. The molecule has 25 nitrogen and oxygen atoms in total. The highest BCUT2D eigenvalue weighted by molar-refractivity contribution is 6.75. The maximum absolute atomic E-state index is 16.0. The number of Topliss-reactive ketones (excluding diaryl/α,β-unsaturated/α-hetero) is 1. The molecule has 29 heteroatoms. The molecular formula is C83H127NO24Si4. The van der Waals surface area contributed by atoms with Crippen LogP contribution in [0.15, 0.2) is 102 Å². The minimum Gasteiger partial charge on any atom is -0.455 e. The summed E-state index contributed by atoms with van der Waals surface area (Å²) in [5.74, 6) is -7.29. The van der Waals surface area contributed by atoms with E-state index < -0.39 is 183 Å². The molecule has 3 aromatic rings. The van der Waals surface area contributed by atoms with Crippen LogP contribution in [0, 0.1) is 16.7 Å². The van der Waals surface area contributed by atoms with Gasteiger partial charge < -0.3 is 85.3 Å². The van der Waals surface area contributed by atoms with Crippen LogP contribution in [-0.2, 0) is 89.0 Å². The average Bonchev–Trinajstić information content (AvgIpc) is 0.667. The topological polar surface area (TPSA) is 310 Å². The monoisotopic (exact) mass is 1630 g/mol. The van der Waals surface area contributed by atoms with Crippen LogP contribution in [0.2, 0.25) is 73.0 Å². The number of carbonyl (C=O) groups is 7. The molecule has 8 rings (SSSR count). The Balaban J connectivity index is 1.02. The number of rotatable bonds is 31. The average molecular weight is 1640 g/mol. The van der Waals surface area contributed by atoms with Gasteiger partial charge in [-0.15, -0.1) is 0 Å². The molecule has 16 atom stereocenters. The van der Waals surface area contributed by atoms with E-state index in [0.717, 1.165) is 13.8 Å². The highest BCUT2D eigenvalue weighted by atomic mass is 28.4. The van der Waals surface area contributed by atoms with E-state index in [1.54, 1.807) is 92.7 Å². The molecule has 2 aliphatic heterocycles. The predicted octanol–water partition coefficient (Wildman–Crippen LogP) is 13.5. The first-order valence-electron chi connectivity index (χ1n) is 39.2. The number of esters is 4. The first-order chi connectivity index (χ1) is 51.8. The minimum atomic E-state index is -2.53. The first kappa shape index (κ1) is 91.6. The Morgan fingerprint density at radius 1 is 0.634 bits per heavy atom. The number of ketones is 1. The van der Waals surface area contributed by atoms with Gasteiger partial charge in [0, 0.05) is 37.7 Å². The highest BCUT2D eigenvalue weighted by Crippen LogP contribution is 2.65.